The van der Waals surface area contributed by atoms with Gasteiger partial charge in [0.1, 0.15) is 11.6 Å². The lowest BCUT2D eigenvalue weighted by molar-refractivity contribution is 0.354. The molecule has 1 saturated carbocycles. The van der Waals surface area contributed by atoms with Gasteiger partial charge in [0.25, 0.3) is 0 Å². The molecule has 0 aliphatic heterocycles. The summed E-state index contributed by atoms with van der Waals surface area (Å²) in [6, 6.07) is 3.89. The molecule has 1 unspecified atom stereocenters. The summed E-state index contributed by atoms with van der Waals surface area (Å²) in [7, 11) is 0. The van der Waals surface area contributed by atoms with Gasteiger partial charge in [0, 0.05) is 17.7 Å². The first-order valence-electron chi connectivity index (χ1n) is 6.25. The van der Waals surface area contributed by atoms with E-state index >= 15 is 0 Å². The number of nitrogens with one attached hydrogen (secondary N) is 1. The van der Waals surface area contributed by atoms with Crippen molar-refractivity contribution in [3.05, 3.63) is 35.4 Å². The molecule has 1 nitrogen and oxygen atoms in total. The number of hydrogen-bond acceptors (Lipinski definition) is 1. The molecule has 17 heavy (non-hydrogen) atoms. The van der Waals surface area contributed by atoms with E-state index in [1.54, 1.807) is 6.07 Å². The molecule has 0 aromatic heterocycles. The number of hydrogen-bond donors (Lipinski definition) is 1. The molecule has 0 radical (unpaired) electrons. The average molecular weight is 239 g/mol. The second-order valence-electron chi connectivity index (χ2n) is 5.21. The summed E-state index contributed by atoms with van der Waals surface area (Å²) in [5.74, 6) is -0.951. The molecule has 1 aliphatic carbocycles. The first-order chi connectivity index (χ1) is 8.07. The summed E-state index contributed by atoms with van der Waals surface area (Å²) in [6.45, 7) is 5.10. The molecule has 0 spiro atoms. The molecule has 1 N–H and O–H groups in total. The van der Waals surface area contributed by atoms with E-state index in [1.165, 1.54) is 6.07 Å². The normalized spacial score (nSPS) is 19.1. The molecule has 1 atom stereocenters. The van der Waals surface area contributed by atoms with E-state index < -0.39 is 11.6 Å². The molecular weight excluding hydrogens is 220 g/mol. The Balaban J connectivity index is 2.25. The van der Waals surface area contributed by atoms with Crippen molar-refractivity contribution < 1.29 is 8.78 Å². The Hall–Kier alpha value is -0.960. The van der Waals surface area contributed by atoms with Crippen molar-refractivity contribution in [2.24, 2.45) is 5.41 Å². The standard InChI is InChI=1S/C14H19F2N/c1-3-8-17-13(14(2)6-7-14)11-5-4-10(15)9-12(11)16/h4-5,9,13,17H,3,6-8H2,1-2H3. The summed E-state index contributed by atoms with van der Waals surface area (Å²) in [6.07, 6.45) is 3.21. The van der Waals surface area contributed by atoms with Crippen LogP contribution in [-0.2, 0) is 0 Å². The smallest absolute Gasteiger partial charge is 0.130 e. The molecule has 0 bridgehead atoms. The molecule has 1 aromatic carbocycles. The summed E-state index contributed by atoms with van der Waals surface area (Å²) in [5.41, 5.74) is 0.730. The van der Waals surface area contributed by atoms with Crippen LogP contribution in [0.5, 0.6) is 0 Å². The Morgan fingerprint density at radius 1 is 1.35 bits per heavy atom. The SMILES string of the molecule is CCCNC(c1ccc(F)cc1F)C1(C)CC1. The van der Waals surface area contributed by atoms with Crippen molar-refractivity contribution in [1.82, 2.24) is 5.32 Å². The van der Waals surface area contributed by atoms with E-state index in [0.29, 0.717) is 5.56 Å². The Morgan fingerprint density at radius 2 is 2.06 bits per heavy atom. The highest BCUT2D eigenvalue weighted by molar-refractivity contribution is 5.26. The van der Waals surface area contributed by atoms with Crippen LogP contribution in [0.1, 0.15) is 44.7 Å². The Kier molecular flexibility index (Phi) is 3.48. The Labute approximate surface area is 101 Å². The van der Waals surface area contributed by atoms with Crippen molar-refractivity contribution >= 4 is 0 Å². The van der Waals surface area contributed by atoms with Gasteiger partial charge in [-0.15, -0.1) is 0 Å². The fraction of sp³-hybridized carbons (Fsp3) is 0.571. The Bertz CT molecular complexity index is 399. The molecule has 94 valence electrons. The summed E-state index contributed by atoms with van der Waals surface area (Å²) >= 11 is 0. The van der Waals surface area contributed by atoms with Gasteiger partial charge in [-0.05, 0) is 37.3 Å². The maximum Gasteiger partial charge on any atom is 0.130 e. The lowest BCUT2D eigenvalue weighted by atomic mass is 9.91. The van der Waals surface area contributed by atoms with Crippen LogP contribution in [-0.4, -0.2) is 6.54 Å². The monoisotopic (exact) mass is 239 g/mol. The molecule has 2 rings (SSSR count). The predicted octanol–water partition coefficient (Wildman–Crippen LogP) is 3.81. The third-order valence-corrected chi connectivity index (χ3v) is 3.61. The first-order valence-corrected chi connectivity index (χ1v) is 6.25. The molecule has 3 heteroatoms. The summed E-state index contributed by atoms with van der Waals surface area (Å²) in [4.78, 5) is 0. The first kappa shape index (κ1) is 12.5. The minimum atomic E-state index is -0.513. The maximum atomic E-state index is 13.8. The molecule has 0 amide bonds. The van der Waals surface area contributed by atoms with Crippen molar-refractivity contribution in [3.8, 4) is 0 Å². The largest absolute Gasteiger partial charge is 0.309 e. The molecule has 1 aromatic rings. The van der Waals surface area contributed by atoms with Crippen LogP contribution in [0.15, 0.2) is 18.2 Å². The zero-order chi connectivity index (χ0) is 12.5. The fourth-order valence-electron chi connectivity index (χ4n) is 2.24. The maximum absolute atomic E-state index is 13.8. The lowest BCUT2D eigenvalue weighted by Gasteiger charge is -2.25. The number of rotatable bonds is 5. The minimum absolute atomic E-state index is 0.00282. The molecular formula is C14H19F2N. The van der Waals surface area contributed by atoms with Crippen molar-refractivity contribution in [2.75, 3.05) is 6.54 Å². The third-order valence-electron chi connectivity index (χ3n) is 3.61. The van der Waals surface area contributed by atoms with E-state index in [1.807, 2.05) is 0 Å². The van der Waals surface area contributed by atoms with Crippen LogP contribution in [0.25, 0.3) is 0 Å². The molecule has 0 saturated heterocycles. The van der Waals surface area contributed by atoms with E-state index in [2.05, 4.69) is 19.2 Å². The fourth-order valence-corrected chi connectivity index (χ4v) is 2.24. The molecule has 0 heterocycles. The highest BCUT2D eigenvalue weighted by atomic mass is 19.1. The van der Waals surface area contributed by atoms with Gasteiger partial charge in [0.15, 0.2) is 0 Å². The second-order valence-corrected chi connectivity index (χ2v) is 5.21. The third kappa shape index (κ3) is 2.65. The van der Waals surface area contributed by atoms with Gasteiger partial charge in [-0.2, -0.15) is 0 Å². The van der Waals surface area contributed by atoms with E-state index in [9.17, 15) is 8.78 Å². The minimum Gasteiger partial charge on any atom is -0.309 e. The van der Waals surface area contributed by atoms with Gasteiger partial charge in [0.05, 0.1) is 0 Å². The van der Waals surface area contributed by atoms with Crippen LogP contribution in [0.3, 0.4) is 0 Å². The van der Waals surface area contributed by atoms with Crippen molar-refractivity contribution in [2.45, 2.75) is 39.2 Å². The van der Waals surface area contributed by atoms with Gasteiger partial charge in [-0.3, -0.25) is 0 Å². The second kappa shape index (κ2) is 4.73. The van der Waals surface area contributed by atoms with Crippen LogP contribution in [0, 0.1) is 17.0 Å². The van der Waals surface area contributed by atoms with E-state index in [0.717, 1.165) is 31.9 Å². The van der Waals surface area contributed by atoms with Crippen LogP contribution in [0.2, 0.25) is 0 Å². The molecule has 1 aliphatic rings. The Morgan fingerprint density at radius 3 is 2.59 bits per heavy atom. The van der Waals surface area contributed by atoms with E-state index in [4.69, 9.17) is 0 Å². The van der Waals surface area contributed by atoms with Crippen molar-refractivity contribution in [3.63, 3.8) is 0 Å². The van der Waals surface area contributed by atoms with Crippen molar-refractivity contribution in [1.29, 1.82) is 0 Å². The van der Waals surface area contributed by atoms with E-state index in [-0.39, 0.29) is 11.5 Å². The van der Waals surface area contributed by atoms with Crippen LogP contribution >= 0.6 is 0 Å². The number of halogens is 2. The predicted molar refractivity (Wildman–Crippen MR) is 64.7 cm³/mol. The van der Waals surface area contributed by atoms with Gasteiger partial charge < -0.3 is 5.32 Å². The van der Waals surface area contributed by atoms with Gasteiger partial charge in [-0.25, -0.2) is 8.78 Å². The average Bonchev–Trinajstić information content (AvgIpc) is 3.00. The van der Waals surface area contributed by atoms with Gasteiger partial charge in [0.2, 0.25) is 0 Å². The van der Waals surface area contributed by atoms with Crippen LogP contribution < -0.4 is 5.32 Å². The zero-order valence-corrected chi connectivity index (χ0v) is 10.4. The van der Waals surface area contributed by atoms with Gasteiger partial charge >= 0.3 is 0 Å². The highest BCUT2D eigenvalue weighted by Crippen LogP contribution is 2.54. The summed E-state index contributed by atoms with van der Waals surface area (Å²) < 4.78 is 26.7. The van der Waals surface area contributed by atoms with Crippen LogP contribution in [0.4, 0.5) is 8.78 Å². The highest BCUT2D eigenvalue weighted by Gasteiger charge is 2.46. The van der Waals surface area contributed by atoms with Gasteiger partial charge in [-0.1, -0.05) is 19.9 Å². The topological polar surface area (TPSA) is 12.0 Å². The summed E-state index contributed by atoms with van der Waals surface area (Å²) in [5, 5.41) is 3.39. The quantitative estimate of drug-likeness (QED) is 0.824. The zero-order valence-electron chi connectivity index (χ0n) is 10.4. The lowest BCUT2D eigenvalue weighted by Crippen LogP contribution is -2.29. The molecule has 1 fully saturated rings. The number of benzene rings is 1.